The van der Waals surface area contributed by atoms with Crippen LogP contribution in [0, 0.1) is 5.92 Å². The zero-order chi connectivity index (χ0) is 37.6. The van der Waals surface area contributed by atoms with Crippen molar-refractivity contribution in [3.63, 3.8) is 0 Å². The van der Waals surface area contributed by atoms with Crippen molar-refractivity contribution in [3.8, 4) is 33.4 Å². The topological polar surface area (TPSA) is 0 Å². The molecule has 12 rings (SSSR count). The Balaban J connectivity index is 1.24. The summed E-state index contributed by atoms with van der Waals surface area (Å²) in [4.78, 5) is 0. The highest BCUT2D eigenvalue weighted by molar-refractivity contribution is 6.29. The first-order chi connectivity index (χ1) is 28.2. The lowest BCUT2D eigenvalue weighted by Crippen LogP contribution is -2.08. The summed E-state index contributed by atoms with van der Waals surface area (Å²) in [5.74, 6) is 0.425. The molecule has 0 aromatic heterocycles. The van der Waals surface area contributed by atoms with Gasteiger partial charge in [0, 0.05) is 0 Å². The summed E-state index contributed by atoms with van der Waals surface area (Å²) in [7, 11) is 0. The van der Waals surface area contributed by atoms with E-state index < -0.39 is 0 Å². The van der Waals surface area contributed by atoms with Crippen LogP contribution < -0.4 is 0 Å². The highest BCUT2D eigenvalue weighted by Crippen LogP contribution is 2.52. The number of rotatable bonds is 3. The molecule has 0 heterocycles. The third-order valence-electron chi connectivity index (χ3n) is 12.7. The van der Waals surface area contributed by atoms with Crippen LogP contribution in [0.15, 0.2) is 188 Å². The third-order valence-corrected chi connectivity index (χ3v) is 12.7. The van der Waals surface area contributed by atoms with Gasteiger partial charge >= 0.3 is 0 Å². The van der Waals surface area contributed by atoms with Gasteiger partial charge in [-0.2, -0.15) is 0 Å². The Morgan fingerprint density at radius 1 is 0.333 bits per heavy atom. The molecule has 1 atom stereocenters. The Bertz CT molecular complexity index is 3450. The van der Waals surface area contributed by atoms with E-state index in [4.69, 9.17) is 0 Å². The molecule has 0 amide bonds. The maximum atomic E-state index is 2.45. The first-order valence-electron chi connectivity index (χ1n) is 20.2. The molecule has 0 aliphatic heterocycles. The minimum Gasteiger partial charge on any atom is -0.0807 e. The van der Waals surface area contributed by atoms with Crippen LogP contribution in [-0.2, 0) is 6.42 Å². The molecule has 0 spiro atoms. The highest BCUT2D eigenvalue weighted by Gasteiger charge is 2.28. The van der Waals surface area contributed by atoms with Gasteiger partial charge in [-0.25, -0.2) is 0 Å². The van der Waals surface area contributed by atoms with E-state index in [9.17, 15) is 0 Å². The van der Waals surface area contributed by atoms with Crippen LogP contribution in [-0.4, -0.2) is 0 Å². The molecule has 0 heteroatoms. The van der Waals surface area contributed by atoms with E-state index in [0.29, 0.717) is 5.92 Å². The van der Waals surface area contributed by atoms with Gasteiger partial charge in [0.1, 0.15) is 0 Å². The fourth-order valence-corrected chi connectivity index (χ4v) is 10.3. The lowest BCUT2D eigenvalue weighted by atomic mass is 9.75. The molecule has 0 unspecified atom stereocenters. The fraction of sp³-hybridized carbons (Fsp3) is 0.0526. The van der Waals surface area contributed by atoms with E-state index >= 15 is 0 Å². The third kappa shape index (κ3) is 4.74. The smallest absolute Gasteiger partial charge is 0.00140 e. The van der Waals surface area contributed by atoms with Crippen LogP contribution in [0.3, 0.4) is 0 Å². The van der Waals surface area contributed by atoms with Gasteiger partial charge in [-0.05, 0) is 144 Å². The largest absolute Gasteiger partial charge is 0.0807 e. The molecule has 0 fully saturated rings. The summed E-state index contributed by atoms with van der Waals surface area (Å²) < 4.78 is 0. The molecule has 0 N–H and O–H groups in total. The molecular formula is C57H38. The maximum absolute atomic E-state index is 2.45. The quantitative estimate of drug-likeness (QED) is 0.126. The minimum absolute atomic E-state index is 0.425. The van der Waals surface area contributed by atoms with Crippen molar-refractivity contribution in [1.82, 2.24) is 0 Å². The van der Waals surface area contributed by atoms with Crippen molar-refractivity contribution in [1.29, 1.82) is 0 Å². The van der Waals surface area contributed by atoms with E-state index in [1.807, 2.05) is 0 Å². The van der Waals surface area contributed by atoms with Crippen molar-refractivity contribution in [2.45, 2.75) is 13.3 Å². The van der Waals surface area contributed by atoms with Gasteiger partial charge in [0.25, 0.3) is 0 Å². The van der Waals surface area contributed by atoms with Crippen molar-refractivity contribution in [2.75, 3.05) is 0 Å². The molecule has 11 aromatic carbocycles. The normalized spacial score (nSPS) is 14.1. The second-order valence-corrected chi connectivity index (χ2v) is 16.0. The zero-order valence-corrected chi connectivity index (χ0v) is 31.8. The first kappa shape index (κ1) is 32.2. The summed E-state index contributed by atoms with van der Waals surface area (Å²) in [6.45, 7) is 2.37. The first-order valence-corrected chi connectivity index (χ1v) is 20.2. The molecule has 57 heavy (non-hydrogen) atoms. The standard InChI is InChI=1S/C57H38/c1-35-30-31-50-51(32-35)55(53-34-37-17-3-5-19-39(37)41-21-7-9-23-43(41)53)46-26-12-15-29-49(46)57(50)56-47-27-13-10-24-44(47)54(45-25-11-14-28-48(45)56)52-33-36-16-2-4-18-38(36)40-20-6-8-22-42(40)52/h2-31,33-35H,32H2,1H3/t35-/m0/s1. The molecular weight excluding hydrogens is 685 g/mol. The molecule has 0 saturated carbocycles. The molecule has 0 nitrogen and oxygen atoms in total. The number of benzene rings is 11. The molecule has 266 valence electrons. The molecule has 0 saturated heterocycles. The van der Waals surface area contributed by atoms with Gasteiger partial charge < -0.3 is 0 Å². The molecule has 1 aliphatic rings. The van der Waals surface area contributed by atoms with E-state index in [2.05, 4.69) is 201 Å². The summed E-state index contributed by atoms with van der Waals surface area (Å²) in [5, 5.41) is 18.1. The van der Waals surface area contributed by atoms with Gasteiger partial charge in [-0.15, -0.1) is 0 Å². The van der Waals surface area contributed by atoms with Crippen LogP contribution in [0.2, 0.25) is 0 Å². The number of hydrogen-bond donors (Lipinski definition) is 0. The average molecular weight is 723 g/mol. The minimum atomic E-state index is 0.425. The van der Waals surface area contributed by atoms with Gasteiger partial charge in [0.15, 0.2) is 0 Å². The summed E-state index contributed by atoms with van der Waals surface area (Å²) in [5.41, 5.74) is 10.7. The van der Waals surface area contributed by atoms with E-state index in [0.717, 1.165) is 6.42 Å². The summed E-state index contributed by atoms with van der Waals surface area (Å²) in [6.07, 6.45) is 5.87. The van der Waals surface area contributed by atoms with E-state index in [1.165, 1.54) is 120 Å². The predicted octanol–water partition coefficient (Wildman–Crippen LogP) is 16.0. The molecule has 11 aromatic rings. The van der Waals surface area contributed by atoms with Crippen molar-refractivity contribution in [2.24, 2.45) is 5.92 Å². The van der Waals surface area contributed by atoms with Crippen molar-refractivity contribution >= 4 is 81.5 Å². The molecule has 0 radical (unpaired) electrons. The highest BCUT2D eigenvalue weighted by atomic mass is 14.3. The number of fused-ring (bicyclic) bond motifs is 10. The number of allylic oxidation sites excluding steroid dienone is 1. The summed E-state index contributed by atoms with van der Waals surface area (Å²) >= 11 is 0. The van der Waals surface area contributed by atoms with Crippen molar-refractivity contribution in [3.05, 3.63) is 199 Å². The number of hydrogen-bond acceptors (Lipinski definition) is 0. The van der Waals surface area contributed by atoms with Gasteiger partial charge in [-0.3, -0.25) is 0 Å². The Morgan fingerprint density at radius 2 is 0.684 bits per heavy atom. The van der Waals surface area contributed by atoms with Crippen LogP contribution >= 0.6 is 0 Å². The Morgan fingerprint density at radius 3 is 1.18 bits per heavy atom. The molecule has 0 bridgehead atoms. The van der Waals surface area contributed by atoms with E-state index in [1.54, 1.807) is 0 Å². The zero-order valence-electron chi connectivity index (χ0n) is 31.8. The summed E-state index contributed by atoms with van der Waals surface area (Å²) in [6, 6.07) is 68.1. The Kier molecular flexibility index (Phi) is 7.07. The van der Waals surface area contributed by atoms with Crippen LogP contribution in [0.25, 0.3) is 115 Å². The van der Waals surface area contributed by atoms with Gasteiger partial charge in [0.05, 0.1) is 0 Å². The Labute approximate surface area is 332 Å². The Hall–Kier alpha value is -7.02. The second-order valence-electron chi connectivity index (χ2n) is 16.0. The molecule has 1 aliphatic carbocycles. The lowest BCUT2D eigenvalue weighted by molar-refractivity contribution is 0.719. The fourth-order valence-electron chi connectivity index (χ4n) is 10.3. The van der Waals surface area contributed by atoms with Crippen LogP contribution in [0.1, 0.15) is 18.1 Å². The SMILES string of the molecule is C[C@H]1C=Cc2c(c(-c3cc4ccccc4c4ccccc34)c3ccccc3c2-c2c3ccccc3c(-c3cc4ccccc4c4ccccc34)c3ccccc23)C1. The van der Waals surface area contributed by atoms with Crippen LogP contribution in [0.5, 0.6) is 0 Å². The predicted molar refractivity (Wildman–Crippen MR) is 247 cm³/mol. The van der Waals surface area contributed by atoms with Gasteiger partial charge in [0.2, 0.25) is 0 Å². The van der Waals surface area contributed by atoms with Crippen molar-refractivity contribution < 1.29 is 0 Å². The average Bonchev–Trinajstić information content (AvgIpc) is 3.27. The van der Waals surface area contributed by atoms with Crippen LogP contribution in [0.4, 0.5) is 0 Å². The monoisotopic (exact) mass is 722 g/mol. The maximum Gasteiger partial charge on any atom is -0.00140 e. The second kappa shape index (κ2) is 12.5. The van der Waals surface area contributed by atoms with Gasteiger partial charge in [-0.1, -0.05) is 189 Å². The lowest BCUT2D eigenvalue weighted by Gasteiger charge is -2.28. The van der Waals surface area contributed by atoms with E-state index in [-0.39, 0.29) is 0 Å².